The van der Waals surface area contributed by atoms with Crippen molar-refractivity contribution in [2.75, 3.05) is 13.2 Å². The fourth-order valence-electron chi connectivity index (χ4n) is 2.97. The first-order chi connectivity index (χ1) is 11.5. The van der Waals surface area contributed by atoms with Crippen molar-refractivity contribution in [1.82, 2.24) is 5.32 Å². The third kappa shape index (κ3) is 3.21. The summed E-state index contributed by atoms with van der Waals surface area (Å²) in [6.45, 7) is 2.76. The van der Waals surface area contributed by atoms with Gasteiger partial charge in [-0.25, -0.2) is 4.79 Å². The van der Waals surface area contributed by atoms with Crippen LogP contribution in [0.4, 0.5) is 0 Å². The summed E-state index contributed by atoms with van der Waals surface area (Å²) in [4.78, 5) is 24.2. The van der Waals surface area contributed by atoms with Crippen molar-refractivity contribution >= 4 is 16.9 Å². The van der Waals surface area contributed by atoms with Gasteiger partial charge in [-0.3, -0.25) is 4.79 Å². The van der Waals surface area contributed by atoms with Crippen LogP contribution in [0.15, 0.2) is 21.3 Å². The second-order valence-electron chi connectivity index (χ2n) is 5.95. The number of phenolic OH excluding ortho intramolecular Hbond substituents is 2. The van der Waals surface area contributed by atoms with Crippen LogP contribution in [-0.4, -0.2) is 35.4 Å². The summed E-state index contributed by atoms with van der Waals surface area (Å²) in [6, 6.07) is 2.42. The van der Waals surface area contributed by atoms with Gasteiger partial charge in [0.15, 0.2) is 0 Å². The Hall–Kier alpha value is -2.54. The predicted molar refractivity (Wildman–Crippen MR) is 86.2 cm³/mol. The van der Waals surface area contributed by atoms with Crippen LogP contribution < -0.4 is 10.9 Å². The fourth-order valence-corrected chi connectivity index (χ4v) is 2.97. The SMILES string of the molecule is Cc1c(CC(=O)NCC2CCCO2)c(=O)oc2cc(O)cc(O)c12. The number of carbonyl (C=O) groups excluding carboxylic acids is 1. The van der Waals surface area contributed by atoms with E-state index in [9.17, 15) is 19.8 Å². The number of hydrogen-bond acceptors (Lipinski definition) is 6. The van der Waals surface area contributed by atoms with Crippen molar-refractivity contribution in [3.05, 3.63) is 33.7 Å². The number of hydrogen-bond donors (Lipinski definition) is 3. The minimum atomic E-state index is -0.655. The molecular weight excluding hydrogens is 314 g/mol. The van der Waals surface area contributed by atoms with E-state index in [4.69, 9.17) is 9.15 Å². The molecule has 7 heteroatoms. The molecule has 0 spiro atoms. The zero-order valence-electron chi connectivity index (χ0n) is 13.3. The lowest BCUT2D eigenvalue weighted by Gasteiger charge is -2.12. The summed E-state index contributed by atoms with van der Waals surface area (Å²) in [6.07, 6.45) is 1.78. The number of carbonyl (C=O) groups is 1. The van der Waals surface area contributed by atoms with Crippen molar-refractivity contribution in [1.29, 1.82) is 0 Å². The van der Waals surface area contributed by atoms with E-state index in [0.29, 0.717) is 24.1 Å². The molecule has 3 rings (SSSR count). The van der Waals surface area contributed by atoms with Crippen LogP contribution in [0.5, 0.6) is 11.5 Å². The van der Waals surface area contributed by atoms with E-state index >= 15 is 0 Å². The second-order valence-corrected chi connectivity index (χ2v) is 5.95. The first-order valence-corrected chi connectivity index (χ1v) is 7.82. The highest BCUT2D eigenvalue weighted by Crippen LogP contribution is 2.32. The van der Waals surface area contributed by atoms with E-state index in [1.54, 1.807) is 6.92 Å². The van der Waals surface area contributed by atoms with Gasteiger partial charge in [0.05, 0.1) is 23.5 Å². The molecule has 24 heavy (non-hydrogen) atoms. The van der Waals surface area contributed by atoms with Crippen LogP contribution in [0.1, 0.15) is 24.0 Å². The second kappa shape index (κ2) is 6.52. The molecular formula is C17H19NO6. The molecule has 2 aromatic rings. The molecule has 1 aromatic carbocycles. The molecule has 0 saturated carbocycles. The van der Waals surface area contributed by atoms with Crippen molar-refractivity contribution in [2.24, 2.45) is 0 Å². The van der Waals surface area contributed by atoms with Gasteiger partial charge in [-0.05, 0) is 25.3 Å². The maximum atomic E-state index is 12.1. The van der Waals surface area contributed by atoms with Crippen LogP contribution >= 0.6 is 0 Å². The maximum Gasteiger partial charge on any atom is 0.340 e. The average molecular weight is 333 g/mol. The lowest BCUT2D eigenvalue weighted by Crippen LogP contribution is -2.34. The van der Waals surface area contributed by atoms with Gasteiger partial charge >= 0.3 is 5.63 Å². The molecule has 1 unspecified atom stereocenters. The Balaban J connectivity index is 1.83. The van der Waals surface area contributed by atoms with Gasteiger partial charge in [-0.15, -0.1) is 0 Å². The average Bonchev–Trinajstić information content (AvgIpc) is 3.01. The van der Waals surface area contributed by atoms with Crippen LogP contribution in [0.2, 0.25) is 0 Å². The lowest BCUT2D eigenvalue weighted by molar-refractivity contribution is -0.121. The minimum absolute atomic E-state index is 0.0232. The lowest BCUT2D eigenvalue weighted by atomic mass is 10.0. The van der Waals surface area contributed by atoms with Crippen molar-refractivity contribution in [2.45, 2.75) is 32.3 Å². The number of aromatic hydroxyl groups is 2. The van der Waals surface area contributed by atoms with Crippen molar-refractivity contribution < 1.29 is 24.2 Å². The topological polar surface area (TPSA) is 109 Å². The van der Waals surface area contributed by atoms with Gasteiger partial charge in [-0.1, -0.05) is 0 Å². The Labute approximate surface area is 137 Å². The fraction of sp³-hybridized carbons (Fsp3) is 0.412. The number of phenols is 2. The zero-order chi connectivity index (χ0) is 17.3. The number of rotatable bonds is 4. The molecule has 1 saturated heterocycles. The molecule has 7 nitrogen and oxygen atoms in total. The molecule has 0 aliphatic carbocycles. The van der Waals surface area contributed by atoms with Crippen LogP contribution in [0.3, 0.4) is 0 Å². The molecule has 0 bridgehead atoms. The Morgan fingerprint density at radius 3 is 2.88 bits per heavy atom. The highest BCUT2D eigenvalue weighted by Gasteiger charge is 2.20. The largest absolute Gasteiger partial charge is 0.508 e. The third-order valence-electron chi connectivity index (χ3n) is 4.23. The Morgan fingerprint density at radius 1 is 1.38 bits per heavy atom. The molecule has 1 aromatic heterocycles. The highest BCUT2D eigenvalue weighted by atomic mass is 16.5. The molecule has 1 aliphatic rings. The Bertz CT molecular complexity index is 835. The summed E-state index contributed by atoms with van der Waals surface area (Å²) in [5.41, 5.74) is 0.0788. The van der Waals surface area contributed by atoms with E-state index in [1.807, 2.05) is 0 Å². The van der Waals surface area contributed by atoms with Crippen LogP contribution in [0, 0.1) is 6.92 Å². The number of ether oxygens (including phenoxy) is 1. The standard InChI is InChI=1S/C17H19NO6/c1-9-12(7-15(21)18-8-11-3-2-4-23-11)17(22)24-14-6-10(19)5-13(20)16(9)14/h5-6,11,19-20H,2-4,7-8H2,1H3,(H,18,21). The molecule has 1 aliphatic heterocycles. The summed E-state index contributed by atoms with van der Waals surface area (Å²) in [5.74, 6) is -0.713. The molecule has 128 valence electrons. The number of benzene rings is 1. The van der Waals surface area contributed by atoms with E-state index < -0.39 is 5.63 Å². The maximum absolute atomic E-state index is 12.1. The van der Waals surface area contributed by atoms with Crippen LogP contribution in [-0.2, 0) is 16.0 Å². The molecule has 1 fully saturated rings. The highest BCUT2D eigenvalue weighted by molar-refractivity contribution is 5.89. The van der Waals surface area contributed by atoms with E-state index in [1.165, 1.54) is 6.07 Å². The predicted octanol–water partition coefficient (Wildman–Crippen LogP) is 1.35. The normalized spacial score (nSPS) is 17.3. The molecule has 2 heterocycles. The van der Waals surface area contributed by atoms with Crippen LogP contribution in [0.25, 0.3) is 11.0 Å². The quantitative estimate of drug-likeness (QED) is 0.729. The monoisotopic (exact) mass is 333 g/mol. The number of amides is 1. The first-order valence-electron chi connectivity index (χ1n) is 7.82. The first kappa shape index (κ1) is 16.3. The molecule has 1 amide bonds. The van der Waals surface area contributed by atoms with Crippen molar-refractivity contribution in [3.8, 4) is 11.5 Å². The molecule has 3 N–H and O–H groups in total. The van der Waals surface area contributed by atoms with Crippen molar-refractivity contribution in [3.63, 3.8) is 0 Å². The number of nitrogens with one attached hydrogen (secondary N) is 1. The van der Waals surface area contributed by atoms with Gasteiger partial charge in [-0.2, -0.15) is 0 Å². The summed E-state index contributed by atoms with van der Waals surface area (Å²) in [7, 11) is 0. The minimum Gasteiger partial charge on any atom is -0.508 e. The number of fused-ring (bicyclic) bond motifs is 1. The smallest absolute Gasteiger partial charge is 0.340 e. The third-order valence-corrected chi connectivity index (χ3v) is 4.23. The number of aryl methyl sites for hydroxylation is 1. The van der Waals surface area contributed by atoms with E-state index in [-0.39, 0.29) is 41.1 Å². The van der Waals surface area contributed by atoms with Gasteiger partial charge in [0.25, 0.3) is 0 Å². The van der Waals surface area contributed by atoms with E-state index in [2.05, 4.69) is 5.32 Å². The van der Waals surface area contributed by atoms with Gasteiger partial charge in [0, 0.05) is 25.3 Å². The summed E-state index contributed by atoms with van der Waals surface area (Å²) < 4.78 is 10.6. The Kier molecular flexibility index (Phi) is 4.44. The molecule has 0 radical (unpaired) electrons. The molecule has 1 atom stereocenters. The van der Waals surface area contributed by atoms with Gasteiger partial charge in [0.2, 0.25) is 5.91 Å². The van der Waals surface area contributed by atoms with Gasteiger partial charge in [0.1, 0.15) is 17.1 Å². The zero-order valence-corrected chi connectivity index (χ0v) is 13.3. The van der Waals surface area contributed by atoms with Gasteiger partial charge < -0.3 is 24.7 Å². The summed E-state index contributed by atoms with van der Waals surface area (Å²) in [5, 5.41) is 22.5. The summed E-state index contributed by atoms with van der Waals surface area (Å²) >= 11 is 0. The Morgan fingerprint density at radius 2 is 2.17 bits per heavy atom. The van der Waals surface area contributed by atoms with E-state index in [0.717, 1.165) is 18.9 Å².